The molecule has 0 amide bonds. The number of esters is 1. The van der Waals surface area contributed by atoms with Crippen molar-refractivity contribution >= 4 is 12.4 Å². The molecule has 0 fully saturated rings. The lowest BCUT2D eigenvalue weighted by Gasteiger charge is -2.08. The Morgan fingerprint density at radius 2 is 2.00 bits per heavy atom. The van der Waals surface area contributed by atoms with Gasteiger partial charge in [-0.2, -0.15) is 0 Å². The summed E-state index contributed by atoms with van der Waals surface area (Å²) >= 11 is 0. The van der Waals surface area contributed by atoms with Crippen LogP contribution in [0.2, 0.25) is 0 Å². The summed E-state index contributed by atoms with van der Waals surface area (Å²) in [5, 5.41) is 6.89. The molecule has 0 saturated heterocycles. The van der Waals surface area contributed by atoms with E-state index >= 15 is 0 Å². The lowest BCUT2D eigenvalue weighted by molar-refractivity contribution is -0.142. The SMILES string of the molecule is COC(=O)[C@@H](N)Cc1ccccc1.O=CO. The first-order chi connectivity index (χ1) is 7.65. The highest BCUT2D eigenvalue weighted by atomic mass is 16.5. The van der Waals surface area contributed by atoms with E-state index in [4.69, 9.17) is 15.6 Å². The molecular weight excluding hydrogens is 210 g/mol. The van der Waals surface area contributed by atoms with Gasteiger partial charge in [0.1, 0.15) is 6.04 Å². The smallest absolute Gasteiger partial charge is 0.322 e. The summed E-state index contributed by atoms with van der Waals surface area (Å²) in [5.41, 5.74) is 6.63. The Labute approximate surface area is 93.8 Å². The number of hydrogen-bond acceptors (Lipinski definition) is 4. The molecule has 16 heavy (non-hydrogen) atoms. The van der Waals surface area contributed by atoms with Crippen LogP contribution in [-0.2, 0) is 20.7 Å². The van der Waals surface area contributed by atoms with Gasteiger partial charge in [0, 0.05) is 0 Å². The third kappa shape index (κ3) is 5.77. The van der Waals surface area contributed by atoms with Gasteiger partial charge < -0.3 is 15.6 Å². The van der Waals surface area contributed by atoms with Crippen molar-refractivity contribution in [3.63, 3.8) is 0 Å². The van der Waals surface area contributed by atoms with Crippen molar-refractivity contribution < 1.29 is 19.4 Å². The molecule has 5 nitrogen and oxygen atoms in total. The second-order valence-electron chi connectivity index (χ2n) is 2.92. The summed E-state index contributed by atoms with van der Waals surface area (Å²) < 4.78 is 4.52. The lowest BCUT2D eigenvalue weighted by Crippen LogP contribution is -2.33. The second-order valence-corrected chi connectivity index (χ2v) is 2.92. The average Bonchev–Trinajstić information content (AvgIpc) is 2.30. The van der Waals surface area contributed by atoms with Gasteiger partial charge in [0.2, 0.25) is 0 Å². The molecule has 0 aliphatic rings. The maximum atomic E-state index is 11.0. The quantitative estimate of drug-likeness (QED) is 0.575. The third-order valence-corrected chi connectivity index (χ3v) is 1.80. The van der Waals surface area contributed by atoms with Gasteiger partial charge >= 0.3 is 5.97 Å². The molecule has 88 valence electrons. The zero-order chi connectivity index (χ0) is 12.4. The van der Waals surface area contributed by atoms with Crippen LogP contribution in [0.3, 0.4) is 0 Å². The fourth-order valence-corrected chi connectivity index (χ4v) is 1.10. The Morgan fingerprint density at radius 3 is 2.44 bits per heavy atom. The maximum Gasteiger partial charge on any atom is 0.322 e. The van der Waals surface area contributed by atoms with Crippen molar-refractivity contribution in [2.45, 2.75) is 12.5 Å². The first-order valence-corrected chi connectivity index (χ1v) is 4.60. The van der Waals surface area contributed by atoms with E-state index < -0.39 is 6.04 Å². The first kappa shape index (κ1) is 14.1. The van der Waals surface area contributed by atoms with Crippen molar-refractivity contribution in [1.29, 1.82) is 0 Å². The number of carboxylic acid groups (broad SMARTS) is 1. The van der Waals surface area contributed by atoms with Crippen molar-refractivity contribution in [2.75, 3.05) is 7.11 Å². The van der Waals surface area contributed by atoms with Crippen molar-refractivity contribution in [3.05, 3.63) is 35.9 Å². The van der Waals surface area contributed by atoms with E-state index in [1.807, 2.05) is 30.3 Å². The number of hydrogen-bond donors (Lipinski definition) is 2. The minimum absolute atomic E-state index is 0.250. The zero-order valence-electron chi connectivity index (χ0n) is 9.00. The van der Waals surface area contributed by atoms with Crippen LogP contribution >= 0.6 is 0 Å². The fourth-order valence-electron chi connectivity index (χ4n) is 1.10. The number of nitrogens with two attached hydrogens (primary N) is 1. The van der Waals surface area contributed by atoms with Gasteiger partial charge in [-0.25, -0.2) is 0 Å². The molecule has 1 rings (SSSR count). The number of carbonyl (C=O) groups is 2. The van der Waals surface area contributed by atoms with Crippen LogP contribution in [0.5, 0.6) is 0 Å². The summed E-state index contributed by atoms with van der Waals surface area (Å²) in [4.78, 5) is 19.3. The van der Waals surface area contributed by atoms with Crippen LogP contribution in [0.25, 0.3) is 0 Å². The maximum absolute atomic E-state index is 11.0. The summed E-state index contributed by atoms with van der Waals surface area (Å²) in [5.74, 6) is -0.371. The minimum Gasteiger partial charge on any atom is -0.483 e. The highest BCUT2D eigenvalue weighted by molar-refractivity contribution is 5.75. The second kappa shape index (κ2) is 8.43. The molecule has 0 aromatic heterocycles. The Kier molecular flexibility index (Phi) is 7.44. The molecule has 1 atom stereocenters. The zero-order valence-corrected chi connectivity index (χ0v) is 9.00. The van der Waals surface area contributed by atoms with E-state index in [1.54, 1.807) is 0 Å². The van der Waals surface area contributed by atoms with E-state index in [1.165, 1.54) is 7.11 Å². The van der Waals surface area contributed by atoms with Crippen LogP contribution in [0.15, 0.2) is 30.3 Å². The number of ether oxygens (including phenoxy) is 1. The summed E-state index contributed by atoms with van der Waals surface area (Å²) in [7, 11) is 1.34. The summed E-state index contributed by atoms with van der Waals surface area (Å²) in [6, 6.07) is 9.06. The summed E-state index contributed by atoms with van der Waals surface area (Å²) in [6.45, 7) is -0.250. The molecule has 0 aliphatic carbocycles. The monoisotopic (exact) mass is 225 g/mol. The molecule has 0 aliphatic heterocycles. The van der Waals surface area contributed by atoms with Gasteiger partial charge in [-0.3, -0.25) is 9.59 Å². The summed E-state index contributed by atoms with van der Waals surface area (Å²) in [6.07, 6.45) is 0.521. The molecule has 5 heteroatoms. The molecule has 3 N–H and O–H groups in total. The van der Waals surface area contributed by atoms with Crippen LogP contribution < -0.4 is 5.73 Å². The van der Waals surface area contributed by atoms with E-state index in [9.17, 15) is 4.79 Å². The normalized spacial score (nSPS) is 10.6. The Morgan fingerprint density at radius 1 is 1.50 bits per heavy atom. The number of benzene rings is 1. The first-order valence-electron chi connectivity index (χ1n) is 4.60. The predicted molar refractivity (Wildman–Crippen MR) is 58.8 cm³/mol. The van der Waals surface area contributed by atoms with Crippen LogP contribution in [0, 0.1) is 0 Å². The molecule has 0 bridgehead atoms. The Balaban J connectivity index is 0.000000673. The fraction of sp³-hybridized carbons (Fsp3) is 0.273. The molecule has 1 aromatic rings. The Hall–Kier alpha value is -1.88. The van der Waals surface area contributed by atoms with Gasteiger partial charge in [0.05, 0.1) is 7.11 Å². The molecule has 0 unspecified atom stereocenters. The molecule has 1 aromatic carbocycles. The number of methoxy groups -OCH3 is 1. The van der Waals surface area contributed by atoms with Gasteiger partial charge in [-0.05, 0) is 12.0 Å². The lowest BCUT2D eigenvalue weighted by atomic mass is 10.1. The molecule has 0 spiro atoms. The van der Waals surface area contributed by atoms with E-state index in [0.29, 0.717) is 6.42 Å². The Bertz CT molecular complexity index is 313. The van der Waals surface area contributed by atoms with Crippen molar-refractivity contribution in [3.8, 4) is 0 Å². The van der Waals surface area contributed by atoms with E-state index in [0.717, 1.165) is 5.56 Å². The highest BCUT2D eigenvalue weighted by Gasteiger charge is 2.13. The molecule has 0 radical (unpaired) electrons. The van der Waals surface area contributed by atoms with Crippen LogP contribution in [-0.4, -0.2) is 30.7 Å². The third-order valence-electron chi connectivity index (χ3n) is 1.80. The number of carbonyl (C=O) groups excluding carboxylic acids is 1. The predicted octanol–water partition coefficient (Wildman–Crippen LogP) is 0.430. The van der Waals surface area contributed by atoms with Gasteiger partial charge in [-0.15, -0.1) is 0 Å². The van der Waals surface area contributed by atoms with E-state index in [-0.39, 0.29) is 12.4 Å². The van der Waals surface area contributed by atoms with E-state index in [2.05, 4.69) is 4.74 Å². The van der Waals surface area contributed by atoms with Gasteiger partial charge in [0.25, 0.3) is 6.47 Å². The standard InChI is InChI=1S/C10H13NO2.CH2O2/c1-13-10(12)9(11)7-8-5-3-2-4-6-8;2-1-3/h2-6,9H,7,11H2,1H3;1H,(H,2,3)/t9-;/m0./s1. The number of rotatable bonds is 3. The van der Waals surface area contributed by atoms with Crippen molar-refractivity contribution in [2.24, 2.45) is 5.73 Å². The molecular formula is C11H15NO4. The average molecular weight is 225 g/mol. The van der Waals surface area contributed by atoms with Crippen LogP contribution in [0.1, 0.15) is 5.56 Å². The minimum atomic E-state index is -0.563. The largest absolute Gasteiger partial charge is 0.483 e. The van der Waals surface area contributed by atoms with Gasteiger partial charge in [-0.1, -0.05) is 30.3 Å². The molecule has 0 saturated carbocycles. The highest BCUT2D eigenvalue weighted by Crippen LogP contribution is 2.02. The molecule has 0 heterocycles. The van der Waals surface area contributed by atoms with Crippen LogP contribution in [0.4, 0.5) is 0 Å². The van der Waals surface area contributed by atoms with Crippen molar-refractivity contribution in [1.82, 2.24) is 0 Å². The van der Waals surface area contributed by atoms with Gasteiger partial charge in [0.15, 0.2) is 0 Å². The topological polar surface area (TPSA) is 89.6 Å².